The van der Waals surface area contributed by atoms with Crippen LogP contribution in [0.5, 0.6) is 0 Å². The molecule has 1 rings (SSSR count). The molecule has 1 aromatic carbocycles. The molecule has 2 N–H and O–H groups in total. The predicted octanol–water partition coefficient (Wildman–Crippen LogP) is 1.43. The molecule has 4 nitrogen and oxygen atoms in total. The van der Waals surface area contributed by atoms with E-state index in [1.54, 1.807) is 0 Å². The van der Waals surface area contributed by atoms with Crippen LogP contribution in [0, 0.1) is 6.92 Å². The highest BCUT2D eigenvalue weighted by Gasteiger charge is 2.08. The van der Waals surface area contributed by atoms with Gasteiger partial charge in [-0.15, -0.1) is 0 Å². The van der Waals surface area contributed by atoms with Crippen LogP contribution in [-0.2, 0) is 16.6 Å². The number of anilines is 1. The van der Waals surface area contributed by atoms with Gasteiger partial charge in [-0.2, -0.15) is 8.42 Å². The molecule has 0 aliphatic heterocycles. The zero-order chi connectivity index (χ0) is 11.5. The first-order valence-corrected chi connectivity index (χ1v) is 6.27. The van der Waals surface area contributed by atoms with Crippen LogP contribution in [0.15, 0.2) is 18.2 Å². The van der Waals surface area contributed by atoms with Gasteiger partial charge in [-0.3, -0.25) is 4.72 Å². The average molecular weight is 228 g/mol. The van der Waals surface area contributed by atoms with Crippen molar-refractivity contribution in [3.63, 3.8) is 0 Å². The first-order chi connectivity index (χ1) is 6.98. The minimum atomic E-state index is -3.42. The summed E-state index contributed by atoms with van der Waals surface area (Å²) >= 11 is 0. The Morgan fingerprint density at radius 3 is 2.53 bits per heavy atom. The number of hydrogen-bond donors (Lipinski definition) is 2. The zero-order valence-corrected chi connectivity index (χ0v) is 9.98. The standard InChI is InChI=1S/C10H16N2O2S/c1-4-9-6-5-8(2)10(7-9)12-15(13,14)11-3/h5-7,11-12H,4H2,1-3H3. The molecular formula is C10H16N2O2S. The summed E-state index contributed by atoms with van der Waals surface area (Å²) in [4.78, 5) is 0. The van der Waals surface area contributed by atoms with E-state index in [0.29, 0.717) is 5.69 Å². The SMILES string of the molecule is CCc1ccc(C)c(NS(=O)(=O)NC)c1. The van der Waals surface area contributed by atoms with Crippen molar-refractivity contribution in [2.45, 2.75) is 20.3 Å². The van der Waals surface area contributed by atoms with Gasteiger partial charge < -0.3 is 0 Å². The highest BCUT2D eigenvalue weighted by atomic mass is 32.2. The highest BCUT2D eigenvalue weighted by Crippen LogP contribution is 2.18. The Bertz CT molecular complexity index is 441. The van der Waals surface area contributed by atoms with Crippen molar-refractivity contribution >= 4 is 15.9 Å². The third kappa shape index (κ3) is 3.21. The number of nitrogens with one attached hydrogen (secondary N) is 2. The van der Waals surface area contributed by atoms with Crippen LogP contribution < -0.4 is 9.44 Å². The van der Waals surface area contributed by atoms with E-state index in [1.807, 2.05) is 32.0 Å². The van der Waals surface area contributed by atoms with Gasteiger partial charge in [-0.1, -0.05) is 19.1 Å². The van der Waals surface area contributed by atoms with Crippen LogP contribution in [0.25, 0.3) is 0 Å². The Morgan fingerprint density at radius 2 is 2.00 bits per heavy atom. The zero-order valence-electron chi connectivity index (χ0n) is 9.16. The molecule has 0 saturated carbocycles. The number of hydrogen-bond acceptors (Lipinski definition) is 2. The normalized spacial score (nSPS) is 11.4. The maximum absolute atomic E-state index is 11.3. The van der Waals surface area contributed by atoms with Crippen molar-refractivity contribution in [3.8, 4) is 0 Å². The molecule has 0 saturated heterocycles. The molecule has 1 aromatic rings. The van der Waals surface area contributed by atoms with Crippen LogP contribution in [0.1, 0.15) is 18.1 Å². The fourth-order valence-corrected chi connectivity index (χ4v) is 1.81. The van der Waals surface area contributed by atoms with Gasteiger partial charge in [0.2, 0.25) is 0 Å². The molecule has 84 valence electrons. The molecule has 0 spiro atoms. The summed E-state index contributed by atoms with van der Waals surface area (Å²) < 4.78 is 27.3. The van der Waals surface area contributed by atoms with Crippen molar-refractivity contribution in [3.05, 3.63) is 29.3 Å². The van der Waals surface area contributed by atoms with Crippen molar-refractivity contribution < 1.29 is 8.42 Å². The highest BCUT2D eigenvalue weighted by molar-refractivity contribution is 7.90. The Balaban J connectivity index is 3.04. The molecule has 0 fully saturated rings. The van der Waals surface area contributed by atoms with E-state index in [9.17, 15) is 8.42 Å². The lowest BCUT2D eigenvalue weighted by atomic mass is 10.1. The Kier molecular flexibility index (Phi) is 3.71. The van der Waals surface area contributed by atoms with E-state index in [2.05, 4.69) is 9.44 Å². The lowest BCUT2D eigenvalue weighted by Gasteiger charge is -2.10. The Labute approximate surface area is 90.9 Å². The Hall–Kier alpha value is -1.07. The first kappa shape index (κ1) is 12.0. The van der Waals surface area contributed by atoms with Crippen LogP contribution in [0.4, 0.5) is 5.69 Å². The van der Waals surface area contributed by atoms with Crippen LogP contribution in [-0.4, -0.2) is 15.5 Å². The third-order valence-electron chi connectivity index (χ3n) is 2.22. The molecule has 0 amide bonds. The molecular weight excluding hydrogens is 212 g/mol. The third-order valence-corrected chi connectivity index (χ3v) is 3.25. The van der Waals surface area contributed by atoms with Gasteiger partial charge in [0, 0.05) is 7.05 Å². The molecule has 0 bridgehead atoms. The van der Waals surface area contributed by atoms with E-state index < -0.39 is 10.2 Å². The van der Waals surface area contributed by atoms with Gasteiger partial charge in [-0.25, -0.2) is 4.72 Å². The largest absolute Gasteiger partial charge is 0.298 e. The molecule has 0 aliphatic carbocycles. The molecule has 0 radical (unpaired) electrons. The lowest BCUT2D eigenvalue weighted by Crippen LogP contribution is -2.26. The van der Waals surface area contributed by atoms with Gasteiger partial charge >= 0.3 is 0 Å². The fourth-order valence-electron chi connectivity index (χ4n) is 1.19. The van der Waals surface area contributed by atoms with E-state index in [0.717, 1.165) is 17.5 Å². The topological polar surface area (TPSA) is 58.2 Å². The van der Waals surface area contributed by atoms with Crippen LogP contribution in [0.2, 0.25) is 0 Å². The maximum Gasteiger partial charge on any atom is 0.298 e. The molecule has 0 atom stereocenters. The number of benzene rings is 1. The maximum atomic E-state index is 11.3. The summed E-state index contributed by atoms with van der Waals surface area (Å²) in [6, 6.07) is 5.75. The van der Waals surface area contributed by atoms with E-state index >= 15 is 0 Å². The average Bonchev–Trinajstić information content (AvgIpc) is 2.21. The predicted molar refractivity (Wildman–Crippen MR) is 62.2 cm³/mol. The summed E-state index contributed by atoms with van der Waals surface area (Å²) in [7, 11) is -2.04. The van der Waals surface area contributed by atoms with Crippen molar-refractivity contribution in [2.75, 3.05) is 11.8 Å². The molecule has 5 heteroatoms. The molecule has 0 unspecified atom stereocenters. The number of rotatable bonds is 4. The molecule has 0 heterocycles. The minimum absolute atomic E-state index is 0.628. The number of aryl methyl sites for hydroxylation is 2. The summed E-state index contributed by atoms with van der Waals surface area (Å²) in [6.07, 6.45) is 0.883. The summed E-state index contributed by atoms with van der Waals surface area (Å²) in [5, 5.41) is 0. The van der Waals surface area contributed by atoms with E-state index in [-0.39, 0.29) is 0 Å². The molecule has 0 aliphatic rings. The van der Waals surface area contributed by atoms with Gasteiger partial charge in [0.25, 0.3) is 10.2 Å². The molecule has 15 heavy (non-hydrogen) atoms. The summed E-state index contributed by atoms with van der Waals surface area (Å²) in [5.74, 6) is 0. The van der Waals surface area contributed by atoms with Crippen molar-refractivity contribution in [1.82, 2.24) is 4.72 Å². The van der Waals surface area contributed by atoms with Gasteiger partial charge in [0.1, 0.15) is 0 Å². The minimum Gasteiger partial charge on any atom is -0.271 e. The van der Waals surface area contributed by atoms with Gasteiger partial charge in [0.15, 0.2) is 0 Å². The monoisotopic (exact) mass is 228 g/mol. The summed E-state index contributed by atoms with van der Waals surface area (Å²) in [6.45, 7) is 3.90. The van der Waals surface area contributed by atoms with Crippen molar-refractivity contribution in [1.29, 1.82) is 0 Å². The van der Waals surface area contributed by atoms with E-state index in [1.165, 1.54) is 7.05 Å². The quantitative estimate of drug-likeness (QED) is 0.819. The smallest absolute Gasteiger partial charge is 0.271 e. The second kappa shape index (κ2) is 4.63. The fraction of sp³-hybridized carbons (Fsp3) is 0.400. The van der Waals surface area contributed by atoms with Crippen LogP contribution in [0.3, 0.4) is 0 Å². The van der Waals surface area contributed by atoms with Crippen LogP contribution >= 0.6 is 0 Å². The second-order valence-corrected chi connectivity index (χ2v) is 4.93. The lowest BCUT2D eigenvalue weighted by molar-refractivity contribution is 0.593. The molecule has 0 aromatic heterocycles. The Morgan fingerprint density at radius 1 is 1.33 bits per heavy atom. The van der Waals surface area contributed by atoms with E-state index in [4.69, 9.17) is 0 Å². The van der Waals surface area contributed by atoms with Gasteiger partial charge in [-0.05, 0) is 30.5 Å². The van der Waals surface area contributed by atoms with Gasteiger partial charge in [0.05, 0.1) is 5.69 Å². The second-order valence-electron chi connectivity index (χ2n) is 3.31. The van der Waals surface area contributed by atoms with Crippen molar-refractivity contribution in [2.24, 2.45) is 0 Å². The summed E-state index contributed by atoms with van der Waals surface area (Å²) in [5.41, 5.74) is 2.64. The first-order valence-electron chi connectivity index (χ1n) is 4.79.